The molecule has 0 aromatic rings. The van der Waals surface area contributed by atoms with Crippen molar-refractivity contribution in [3.8, 4) is 0 Å². The average molecular weight is 161 g/mol. The van der Waals surface area contributed by atoms with E-state index in [0.29, 0.717) is 11.1 Å². The zero-order valence-corrected chi connectivity index (χ0v) is 6.16. The minimum absolute atomic E-state index is 0.151. The third kappa shape index (κ3) is 0.906. The Labute approximate surface area is 69.0 Å². The average Bonchev–Trinajstić information content (AvgIpc) is 2.12. The van der Waals surface area contributed by atoms with Gasteiger partial charge >= 0.3 is 0 Å². The molecule has 0 saturated heterocycles. The summed E-state index contributed by atoms with van der Waals surface area (Å²) < 4.78 is 4.79. The van der Waals surface area contributed by atoms with E-state index in [1.54, 1.807) is 0 Å². The van der Waals surface area contributed by atoms with Crippen LogP contribution in [0.3, 0.4) is 0 Å². The minimum atomic E-state index is -0.152. The first kappa shape index (κ1) is 7.03. The fraction of sp³-hybridized carbons (Fsp3) is 0.111. The number of allylic oxidation sites excluding steroid dienone is 4. The van der Waals surface area contributed by atoms with E-state index in [2.05, 4.69) is 6.26 Å². The Kier molecular flexibility index (Phi) is 1.43. The van der Waals surface area contributed by atoms with Gasteiger partial charge in [-0.1, -0.05) is 0 Å². The number of hydrogen-bond donors (Lipinski definition) is 0. The summed E-state index contributed by atoms with van der Waals surface area (Å²) in [5.74, 6) is -0.303. The molecule has 0 aromatic heterocycles. The van der Waals surface area contributed by atoms with E-state index in [4.69, 9.17) is 4.74 Å². The summed E-state index contributed by atoms with van der Waals surface area (Å²) in [7, 11) is 0. The fourth-order valence-corrected chi connectivity index (χ4v) is 1.14. The highest BCUT2D eigenvalue weighted by Crippen LogP contribution is 2.18. The normalized spacial score (nSPS) is 21.0. The Hall–Kier alpha value is -1.64. The highest BCUT2D eigenvalue weighted by molar-refractivity contribution is 6.21. The molecule has 12 heavy (non-hydrogen) atoms. The number of carbonyl (C=O) groups excluding carboxylic acids is 2. The van der Waals surface area contributed by atoms with Gasteiger partial charge in [0.05, 0.1) is 0 Å². The second-order valence-electron chi connectivity index (χ2n) is 2.50. The molecule has 0 N–H and O–H groups in total. The summed E-state index contributed by atoms with van der Waals surface area (Å²) in [5.41, 5.74) is 0.843. The van der Waals surface area contributed by atoms with Gasteiger partial charge in [0, 0.05) is 11.1 Å². The van der Waals surface area contributed by atoms with E-state index < -0.39 is 0 Å². The van der Waals surface area contributed by atoms with Gasteiger partial charge in [-0.2, -0.15) is 0 Å². The van der Waals surface area contributed by atoms with Crippen LogP contribution in [0.1, 0.15) is 0 Å². The third-order valence-electron chi connectivity index (χ3n) is 1.78. The van der Waals surface area contributed by atoms with Gasteiger partial charge in [-0.3, -0.25) is 9.59 Å². The van der Waals surface area contributed by atoms with Gasteiger partial charge in [0.1, 0.15) is 6.61 Å². The summed E-state index contributed by atoms with van der Waals surface area (Å²) in [4.78, 5) is 22.3. The first-order valence-corrected chi connectivity index (χ1v) is 3.49. The molecule has 1 aliphatic carbocycles. The molecule has 0 spiro atoms. The Bertz CT molecular complexity index is 345. The Morgan fingerprint density at radius 3 is 2.75 bits per heavy atom. The van der Waals surface area contributed by atoms with Crippen LogP contribution >= 0.6 is 0 Å². The molecule has 59 valence electrons. The largest absolute Gasteiger partial charge is 0.485 e. The predicted molar refractivity (Wildman–Crippen MR) is 39.9 cm³/mol. The van der Waals surface area contributed by atoms with E-state index in [0.717, 1.165) is 0 Å². The maximum absolute atomic E-state index is 11.2. The van der Waals surface area contributed by atoms with Gasteiger partial charge in [-0.25, -0.2) is 0 Å². The van der Waals surface area contributed by atoms with Gasteiger partial charge in [-0.15, -0.1) is 0 Å². The molecule has 0 unspecified atom stereocenters. The quantitative estimate of drug-likeness (QED) is 0.481. The lowest BCUT2D eigenvalue weighted by Crippen LogP contribution is -2.19. The van der Waals surface area contributed by atoms with Crippen LogP contribution in [0.15, 0.2) is 29.4 Å². The Balaban J connectivity index is 2.51. The molecule has 0 aromatic carbocycles. The van der Waals surface area contributed by atoms with Crippen molar-refractivity contribution in [2.24, 2.45) is 0 Å². The van der Waals surface area contributed by atoms with E-state index in [1.807, 2.05) is 0 Å². The zero-order valence-electron chi connectivity index (χ0n) is 6.16. The molecular weight excluding hydrogens is 156 g/mol. The van der Waals surface area contributed by atoms with Crippen molar-refractivity contribution in [1.29, 1.82) is 0 Å². The number of ether oxygens (including phenoxy) is 1. The zero-order chi connectivity index (χ0) is 8.55. The maximum atomic E-state index is 11.2. The minimum Gasteiger partial charge on any atom is -0.485 e. The van der Waals surface area contributed by atoms with Gasteiger partial charge in [0.25, 0.3) is 0 Å². The second kappa shape index (κ2) is 2.44. The van der Waals surface area contributed by atoms with Crippen molar-refractivity contribution in [1.82, 2.24) is 0 Å². The predicted octanol–water partition coefficient (Wildman–Crippen LogP) is 0.338. The lowest BCUT2D eigenvalue weighted by Gasteiger charge is -2.14. The molecule has 3 heteroatoms. The van der Waals surface area contributed by atoms with E-state index in [-0.39, 0.29) is 18.2 Å². The lowest BCUT2D eigenvalue weighted by molar-refractivity contribution is -0.115. The second-order valence-corrected chi connectivity index (χ2v) is 2.50. The summed E-state index contributed by atoms with van der Waals surface area (Å²) in [6.45, 7) is 0.154. The molecule has 1 aliphatic heterocycles. The van der Waals surface area contributed by atoms with Gasteiger partial charge in [-0.05, 0) is 18.2 Å². The van der Waals surface area contributed by atoms with Crippen molar-refractivity contribution < 1.29 is 14.3 Å². The van der Waals surface area contributed by atoms with E-state index in [1.165, 1.54) is 18.2 Å². The van der Waals surface area contributed by atoms with Gasteiger partial charge in [0.15, 0.2) is 17.8 Å². The number of hydrogen-bond acceptors (Lipinski definition) is 3. The monoisotopic (exact) mass is 161 g/mol. The number of rotatable bonds is 0. The molecule has 1 radical (unpaired) electrons. The summed E-state index contributed by atoms with van der Waals surface area (Å²) in [6, 6.07) is 0. The van der Waals surface area contributed by atoms with Crippen molar-refractivity contribution in [3.63, 3.8) is 0 Å². The fourth-order valence-electron chi connectivity index (χ4n) is 1.14. The van der Waals surface area contributed by atoms with Crippen LogP contribution in [0.4, 0.5) is 0 Å². The van der Waals surface area contributed by atoms with Gasteiger partial charge in [0.2, 0.25) is 0 Å². The lowest BCUT2D eigenvalue weighted by atomic mass is 9.94. The summed E-state index contributed by atoms with van der Waals surface area (Å²) in [6.07, 6.45) is 6.39. The van der Waals surface area contributed by atoms with Crippen LogP contribution < -0.4 is 0 Å². The van der Waals surface area contributed by atoms with Crippen molar-refractivity contribution in [2.75, 3.05) is 6.61 Å². The Morgan fingerprint density at radius 2 is 2.00 bits per heavy atom. The van der Waals surface area contributed by atoms with Crippen LogP contribution in [-0.4, -0.2) is 18.2 Å². The van der Waals surface area contributed by atoms with E-state index >= 15 is 0 Å². The van der Waals surface area contributed by atoms with Gasteiger partial charge < -0.3 is 4.74 Å². The number of ketones is 2. The van der Waals surface area contributed by atoms with Crippen LogP contribution in [0.2, 0.25) is 0 Å². The molecule has 0 fully saturated rings. The molecule has 3 nitrogen and oxygen atoms in total. The van der Waals surface area contributed by atoms with Crippen LogP contribution in [0.25, 0.3) is 0 Å². The summed E-state index contributed by atoms with van der Waals surface area (Å²) in [5, 5.41) is 0. The van der Waals surface area contributed by atoms with Crippen LogP contribution in [0.5, 0.6) is 0 Å². The first-order chi connectivity index (χ1) is 5.79. The van der Waals surface area contributed by atoms with Crippen molar-refractivity contribution >= 4 is 11.6 Å². The Morgan fingerprint density at radius 1 is 1.25 bits per heavy atom. The molecule has 2 aliphatic rings. The molecule has 0 amide bonds. The van der Waals surface area contributed by atoms with Crippen molar-refractivity contribution in [2.45, 2.75) is 0 Å². The first-order valence-electron chi connectivity index (χ1n) is 3.49. The van der Waals surface area contributed by atoms with E-state index in [9.17, 15) is 9.59 Å². The highest BCUT2D eigenvalue weighted by atomic mass is 16.5. The third-order valence-corrected chi connectivity index (χ3v) is 1.78. The highest BCUT2D eigenvalue weighted by Gasteiger charge is 2.22. The molecule has 0 bridgehead atoms. The standard InChI is InChI=1S/C9H5O3/c10-8-1-2-9(11)7-5-12-4-3-6(7)8/h1-3H,5H2. The molecule has 1 heterocycles. The SMILES string of the molecule is O=C1C=CC(=O)C2=C1C=[C]OC2. The molecule has 0 saturated carbocycles. The number of carbonyl (C=O) groups is 2. The molecule has 2 rings (SSSR count). The van der Waals surface area contributed by atoms with Crippen molar-refractivity contribution in [3.05, 3.63) is 35.6 Å². The molecular formula is C9H5O3. The van der Waals surface area contributed by atoms with Crippen LogP contribution in [0, 0.1) is 6.26 Å². The summed E-state index contributed by atoms with van der Waals surface area (Å²) >= 11 is 0. The topological polar surface area (TPSA) is 43.4 Å². The van der Waals surface area contributed by atoms with Crippen LogP contribution in [-0.2, 0) is 14.3 Å². The maximum Gasteiger partial charge on any atom is 0.186 e. The molecule has 0 atom stereocenters. The smallest absolute Gasteiger partial charge is 0.186 e.